The molecule has 112 valence electrons. The Morgan fingerprint density at radius 2 is 2.23 bits per heavy atom. The van der Waals surface area contributed by atoms with Crippen molar-refractivity contribution in [3.05, 3.63) is 51.0 Å². The predicted octanol–water partition coefficient (Wildman–Crippen LogP) is 4.06. The van der Waals surface area contributed by atoms with Crippen molar-refractivity contribution in [1.82, 2.24) is 14.6 Å². The minimum absolute atomic E-state index is 0.270. The summed E-state index contributed by atoms with van der Waals surface area (Å²) in [6.45, 7) is 1.92. The van der Waals surface area contributed by atoms with E-state index in [4.69, 9.17) is 23.2 Å². The minimum atomic E-state index is -0.332. The quantitative estimate of drug-likeness (QED) is 0.723. The molecule has 0 saturated heterocycles. The molecule has 0 atom stereocenters. The number of amides is 1. The molecule has 22 heavy (non-hydrogen) atoms. The Labute approximate surface area is 140 Å². The Balaban J connectivity index is 1.72. The number of carbonyl (C=O) groups is 1. The lowest BCUT2D eigenvalue weighted by Crippen LogP contribution is -2.09. The molecule has 0 spiro atoms. The topological polar surface area (TPSA) is 59.3 Å². The highest BCUT2D eigenvalue weighted by molar-refractivity contribution is 7.15. The Kier molecular flexibility index (Phi) is 4.15. The van der Waals surface area contributed by atoms with Crippen LogP contribution in [0.2, 0.25) is 10.0 Å². The van der Waals surface area contributed by atoms with Crippen molar-refractivity contribution in [3.63, 3.8) is 0 Å². The van der Waals surface area contributed by atoms with E-state index in [0.717, 1.165) is 10.7 Å². The third-order valence-corrected chi connectivity index (χ3v) is 4.35. The molecule has 0 radical (unpaired) electrons. The van der Waals surface area contributed by atoms with Gasteiger partial charge < -0.3 is 0 Å². The number of halogens is 2. The second-order valence-corrected chi connectivity index (χ2v) is 6.18. The lowest BCUT2D eigenvalue weighted by Gasteiger charge is -1.99. The Bertz CT molecular complexity index is 884. The number of benzene rings is 1. The maximum absolute atomic E-state index is 11.9. The van der Waals surface area contributed by atoms with E-state index in [-0.39, 0.29) is 11.9 Å². The lowest BCUT2D eigenvalue weighted by molar-refractivity contribution is -0.111. The highest BCUT2D eigenvalue weighted by Gasteiger charge is 2.08. The van der Waals surface area contributed by atoms with Gasteiger partial charge in [0.15, 0.2) is 0 Å². The number of hydrogen-bond donors (Lipinski definition) is 1. The summed E-state index contributed by atoms with van der Waals surface area (Å²) >= 11 is 13.3. The molecule has 1 aromatic carbocycles. The molecule has 1 amide bonds. The van der Waals surface area contributed by atoms with Crippen LogP contribution in [0.5, 0.6) is 0 Å². The smallest absolute Gasteiger partial charge is 0.250 e. The van der Waals surface area contributed by atoms with E-state index in [2.05, 4.69) is 15.4 Å². The lowest BCUT2D eigenvalue weighted by atomic mass is 10.2. The molecular formula is C14H10Cl2N4OS. The van der Waals surface area contributed by atoms with Crippen LogP contribution >= 0.6 is 34.5 Å². The number of nitrogens with one attached hydrogen (secondary N) is 1. The summed E-state index contributed by atoms with van der Waals surface area (Å²) in [5.74, 6) is -0.0614. The first-order valence-corrected chi connectivity index (χ1v) is 7.91. The summed E-state index contributed by atoms with van der Waals surface area (Å²) in [5, 5.41) is 9.79. The molecule has 1 N–H and O–H groups in total. The molecule has 0 aliphatic carbocycles. The summed E-state index contributed by atoms with van der Waals surface area (Å²) in [6, 6.07) is 5.07. The number of nitrogens with zero attached hydrogens (tertiary/aromatic N) is 3. The average molecular weight is 353 g/mol. The molecule has 2 heterocycles. The van der Waals surface area contributed by atoms with Crippen molar-refractivity contribution in [1.29, 1.82) is 0 Å². The first-order valence-electron chi connectivity index (χ1n) is 6.28. The van der Waals surface area contributed by atoms with Crippen molar-refractivity contribution in [2.24, 2.45) is 0 Å². The maximum atomic E-state index is 11.9. The van der Waals surface area contributed by atoms with Crippen molar-refractivity contribution >= 4 is 57.4 Å². The highest BCUT2D eigenvalue weighted by Crippen LogP contribution is 2.22. The molecule has 0 aliphatic heterocycles. The molecule has 0 fully saturated rings. The first kappa shape index (κ1) is 15.0. The van der Waals surface area contributed by atoms with Gasteiger partial charge in [-0.2, -0.15) is 4.98 Å². The fraction of sp³-hybridized carbons (Fsp3) is 0.0714. The van der Waals surface area contributed by atoms with Crippen molar-refractivity contribution < 1.29 is 4.79 Å². The third kappa shape index (κ3) is 3.14. The third-order valence-electron chi connectivity index (χ3n) is 2.86. The van der Waals surface area contributed by atoms with Crippen LogP contribution in [0.3, 0.4) is 0 Å². The Morgan fingerprint density at radius 1 is 1.41 bits per heavy atom. The standard InChI is InChI=1S/C14H10Cl2N4OS/c1-8-7-22-14-18-13(19-20(8)14)17-12(21)5-3-9-2-4-10(15)6-11(9)16/h2-7H,1H3,(H,17,19,21)/b5-3+. The zero-order valence-electron chi connectivity index (χ0n) is 11.4. The van der Waals surface area contributed by atoms with Gasteiger partial charge in [0.1, 0.15) is 0 Å². The molecule has 0 bridgehead atoms. The van der Waals surface area contributed by atoms with Gasteiger partial charge in [0.25, 0.3) is 11.9 Å². The average Bonchev–Trinajstić information content (AvgIpc) is 3.00. The molecule has 8 heteroatoms. The van der Waals surface area contributed by atoms with Gasteiger partial charge in [0, 0.05) is 21.5 Å². The van der Waals surface area contributed by atoms with Gasteiger partial charge in [-0.3, -0.25) is 10.1 Å². The zero-order valence-corrected chi connectivity index (χ0v) is 13.7. The van der Waals surface area contributed by atoms with Crippen LogP contribution in [0.4, 0.5) is 5.95 Å². The highest BCUT2D eigenvalue weighted by atomic mass is 35.5. The summed E-state index contributed by atoms with van der Waals surface area (Å²) in [7, 11) is 0. The van der Waals surface area contributed by atoms with Gasteiger partial charge in [0.05, 0.1) is 5.69 Å². The molecule has 0 aliphatic rings. The van der Waals surface area contributed by atoms with E-state index >= 15 is 0 Å². The van der Waals surface area contributed by atoms with Gasteiger partial charge >= 0.3 is 0 Å². The van der Waals surface area contributed by atoms with Crippen molar-refractivity contribution in [2.75, 3.05) is 5.32 Å². The summed E-state index contributed by atoms with van der Waals surface area (Å²) in [6.07, 6.45) is 2.98. The molecule has 2 aromatic heterocycles. The fourth-order valence-electron chi connectivity index (χ4n) is 1.80. The van der Waals surface area contributed by atoms with Crippen LogP contribution in [-0.2, 0) is 4.79 Å². The Morgan fingerprint density at radius 3 is 2.95 bits per heavy atom. The van der Waals surface area contributed by atoms with E-state index < -0.39 is 0 Å². The number of hydrogen-bond acceptors (Lipinski definition) is 4. The monoisotopic (exact) mass is 352 g/mol. The summed E-state index contributed by atoms with van der Waals surface area (Å²) in [4.78, 5) is 16.8. The molecule has 0 unspecified atom stereocenters. The largest absolute Gasteiger partial charge is 0.290 e. The van der Waals surface area contributed by atoms with Crippen LogP contribution in [0.25, 0.3) is 11.0 Å². The molecule has 5 nitrogen and oxygen atoms in total. The van der Waals surface area contributed by atoms with Gasteiger partial charge in [-0.1, -0.05) is 29.3 Å². The van der Waals surface area contributed by atoms with Crippen molar-refractivity contribution in [2.45, 2.75) is 6.92 Å². The molecule has 3 aromatic rings. The van der Waals surface area contributed by atoms with Gasteiger partial charge in [-0.05, 0) is 30.7 Å². The number of carbonyl (C=O) groups excluding carboxylic acids is 1. The number of aryl methyl sites for hydroxylation is 1. The number of anilines is 1. The fourth-order valence-corrected chi connectivity index (χ4v) is 3.07. The Hall–Kier alpha value is -1.89. The van der Waals surface area contributed by atoms with Gasteiger partial charge in [-0.15, -0.1) is 16.4 Å². The minimum Gasteiger partial charge on any atom is -0.290 e. The van der Waals surface area contributed by atoms with Crippen LogP contribution < -0.4 is 5.32 Å². The van der Waals surface area contributed by atoms with Crippen LogP contribution in [-0.4, -0.2) is 20.5 Å². The van der Waals surface area contributed by atoms with Crippen molar-refractivity contribution in [3.8, 4) is 0 Å². The van der Waals surface area contributed by atoms with Crippen LogP contribution in [0.1, 0.15) is 11.3 Å². The predicted molar refractivity (Wildman–Crippen MR) is 89.7 cm³/mol. The number of aromatic nitrogens is 3. The SMILES string of the molecule is Cc1csc2nc(NC(=O)/C=C/c3ccc(Cl)cc3Cl)nn12. The van der Waals surface area contributed by atoms with Crippen LogP contribution in [0.15, 0.2) is 29.7 Å². The second kappa shape index (κ2) is 6.08. The first-order chi connectivity index (χ1) is 10.5. The van der Waals surface area contributed by atoms with Gasteiger partial charge in [-0.25, -0.2) is 4.52 Å². The number of thiazole rings is 1. The van der Waals surface area contributed by atoms with Crippen LogP contribution in [0, 0.1) is 6.92 Å². The van der Waals surface area contributed by atoms with E-state index in [0.29, 0.717) is 15.6 Å². The van der Waals surface area contributed by atoms with E-state index in [1.165, 1.54) is 17.4 Å². The van der Waals surface area contributed by atoms with E-state index in [9.17, 15) is 4.79 Å². The normalized spacial score (nSPS) is 11.4. The molecule has 3 rings (SSSR count). The number of rotatable bonds is 3. The molecular weight excluding hydrogens is 343 g/mol. The van der Waals surface area contributed by atoms with E-state index in [1.54, 1.807) is 28.8 Å². The summed E-state index contributed by atoms with van der Waals surface area (Å²) in [5.41, 5.74) is 1.67. The maximum Gasteiger partial charge on any atom is 0.250 e. The second-order valence-electron chi connectivity index (χ2n) is 4.50. The van der Waals surface area contributed by atoms with E-state index in [1.807, 2.05) is 12.3 Å². The van der Waals surface area contributed by atoms with Gasteiger partial charge in [0.2, 0.25) is 4.96 Å². The zero-order chi connectivity index (χ0) is 15.7. The summed E-state index contributed by atoms with van der Waals surface area (Å²) < 4.78 is 1.68. The number of fused-ring (bicyclic) bond motifs is 1. The molecule has 0 saturated carbocycles.